The molecule has 1 atom stereocenters. The standard InChI is InChI=1S/C11H14N2O2/c1-8(7-12)13-9-4-10(14-2)6-11(5-9)15-3/h4-6,8,13H,1-3H3. The van der Waals surface area contributed by atoms with Crippen LogP contribution in [0.25, 0.3) is 0 Å². The van der Waals surface area contributed by atoms with E-state index in [0.717, 1.165) is 5.69 Å². The number of methoxy groups -OCH3 is 2. The summed E-state index contributed by atoms with van der Waals surface area (Å²) >= 11 is 0. The smallest absolute Gasteiger partial charge is 0.124 e. The zero-order chi connectivity index (χ0) is 11.3. The number of nitrogens with one attached hydrogen (secondary N) is 1. The van der Waals surface area contributed by atoms with Crippen LogP contribution in [-0.2, 0) is 0 Å². The van der Waals surface area contributed by atoms with Gasteiger partial charge in [-0.15, -0.1) is 0 Å². The Morgan fingerprint density at radius 3 is 2.13 bits per heavy atom. The molecule has 0 spiro atoms. The quantitative estimate of drug-likeness (QED) is 0.818. The van der Waals surface area contributed by atoms with Crippen molar-refractivity contribution in [2.45, 2.75) is 13.0 Å². The summed E-state index contributed by atoms with van der Waals surface area (Å²) in [6.45, 7) is 1.78. The van der Waals surface area contributed by atoms with E-state index in [1.165, 1.54) is 0 Å². The van der Waals surface area contributed by atoms with Crippen molar-refractivity contribution in [1.82, 2.24) is 0 Å². The number of hydrogen-bond acceptors (Lipinski definition) is 4. The fraction of sp³-hybridized carbons (Fsp3) is 0.364. The van der Waals surface area contributed by atoms with Crippen LogP contribution in [0.5, 0.6) is 11.5 Å². The molecule has 15 heavy (non-hydrogen) atoms. The third kappa shape index (κ3) is 3.06. The number of nitriles is 1. The molecule has 0 aliphatic carbocycles. The van der Waals surface area contributed by atoms with E-state index in [9.17, 15) is 0 Å². The van der Waals surface area contributed by atoms with E-state index < -0.39 is 0 Å². The van der Waals surface area contributed by atoms with Gasteiger partial charge in [0.15, 0.2) is 0 Å². The van der Waals surface area contributed by atoms with Crippen molar-refractivity contribution in [3.05, 3.63) is 18.2 Å². The highest BCUT2D eigenvalue weighted by molar-refractivity contribution is 5.54. The van der Waals surface area contributed by atoms with Gasteiger partial charge in [0, 0.05) is 23.9 Å². The van der Waals surface area contributed by atoms with Crippen molar-refractivity contribution in [2.75, 3.05) is 19.5 Å². The third-order valence-corrected chi connectivity index (χ3v) is 1.93. The van der Waals surface area contributed by atoms with E-state index in [1.54, 1.807) is 27.2 Å². The van der Waals surface area contributed by atoms with E-state index >= 15 is 0 Å². The molecular weight excluding hydrogens is 192 g/mol. The molecule has 4 heteroatoms. The average Bonchev–Trinajstić information content (AvgIpc) is 2.28. The monoisotopic (exact) mass is 206 g/mol. The summed E-state index contributed by atoms with van der Waals surface area (Å²) < 4.78 is 10.2. The van der Waals surface area contributed by atoms with Crippen LogP contribution in [0.2, 0.25) is 0 Å². The molecular formula is C11H14N2O2. The van der Waals surface area contributed by atoms with Gasteiger partial charge in [-0.1, -0.05) is 0 Å². The Morgan fingerprint density at radius 2 is 1.73 bits per heavy atom. The van der Waals surface area contributed by atoms with Crippen LogP contribution in [0.1, 0.15) is 6.92 Å². The minimum atomic E-state index is -0.248. The molecule has 0 saturated carbocycles. The lowest BCUT2D eigenvalue weighted by molar-refractivity contribution is 0.394. The molecule has 1 N–H and O–H groups in total. The Bertz CT molecular complexity index is 349. The van der Waals surface area contributed by atoms with Crippen LogP contribution in [0.3, 0.4) is 0 Å². The van der Waals surface area contributed by atoms with Crippen molar-refractivity contribution < 1.29 is 9.47 Å². The van der Waals surface area contributed by atoms with Gasteiger partial charge in [0.1, 0.15) is 17.5 Å². The number of nitrogens with zero attached hydrogens (tertiary/aromatic N) is 1. The molecule has 0 saturated heterocycles. The molecule has 0 heterocycles. The first kappa shape index (κ1) is 11.2. The first-order valence-electron chi connectivity index (χ1n) is 4.59. The van der Waals surface area contributed by atoms with E-state index in [1.807, 2.05) is 12.1 Å². The molecule has 0 aromatic heterocycles. The average molecular weight is 206 g/mol. The van der Waals surface area contributed by atoms with Gasteiger partial charge in [0.2, 0.25) is 0 Å². The number of anilines is 1. The van der Waals surface area contributed by atoms with Gasteiger partial charge in [0.05, 0.1) is 20.3 Å². The van der Waals surface area contributed by atoms with Crippen molar-refractivity contribution >= 4 is 5.69 Å². The van der Waals surface area contributed by atoms with Crippen LogP contribution < -0.4 is 14.8 Å². The highest BCUT2D eigenvalue weighted by atomic mass is 16.5. The Balaban J connectivity index is 2.92. The first-order chi connectivity index (χ1) is 7.19. The molecule has 80 valence electrons. The summed E-state index contributed by atoms with van der Waals surface area (Å²) in [4.78, 5) is 0. The van der Waals surface area contributed by atoms with Gasteiger partial charge < -0.3 is 14.8 Å². The Hall–Kier alpha value is -1.89. The molecule has 4 nitrogen and oxygen atoms in total. The normalized spacial score (nSPS) is 11.3. The lowest BCUT2D eigenvalue weighted by Crippen LogP contribution is -2.11. The second-order valence-electron chi connectivity index (χ2n) is 3.10. The molecule has 1 aromatic rings. The summed E-state index contributed by atoms with van der Waals surface area (Å²) in [5.74, 6) is 1.39. The van der Waals surface area contributed by atoms with Gasteiger partial charge in [0.25, 0.3) is 0 Å². The maximum atomic E-state index is 8.67. The number of benzene rings is 1. The lowest BCUT2D eigenvalue weighted by atomic mass is 10.2. The number of rotatable bonds is 4. The van der Waals surface area contributed by atoms with E-state index in [0.29, 0.717) is 11.5 Å². The zero-order valence-corrected chi connectivity index (χ0v) is 9.07. The van der Waals surface area contributed by atoms with Gasteiger partial charge in [-0.2, -0.15) is 5.26 Å². The summed E-state index contributed by atoms with van der Waals surface area (Å²) in [5.41, 5.74) is 0.806. The summed E-state index contributed by atoms with van der Waals surface area (Å²) in [6.07, 6.45) is 0. The number of hydrogen-bond donors (Lipinski definition) is 1. The van der Waals surface area contributed by atoms with Crippen molar-refractivity contribution in [3.63, 3.8) is 0 Å². The zero-order valence-electron chi connectivity index (χ0n) is 9.07. The Labute approximate surface area is 89.4 Å². The molecule has 0 bridgehead atoms. The van der Waals surface area contributed by atoms with Crippen LogP contribution in [0.15, 0.2) is 18.2 Å². The summed E-state index contributed by atoms with van der Waals surface area (Å²) in [7, 11) is 3.18. The highest BCUT2D eigenvalue weighted by Gasteiger charge is 2.04. The van der Waals surface area contributed by atoms with Crippen LogP contribution in [-0.4, -0.2) is 20.3 Å². The predicted octanol–water partition coefficient (Wildman–Crippen LogP) is 2.03. The van der Waals surface area contributed by atoms with Gasteiger partial charge in [-0.25, -0.2) is 0 Å². The van der Waals surface area contributed by atoms with Crippen LogP contribution in [0, 0.1) is 11.3 Å². The Morgan fingerprint density at radius 1 is 1.20 bits per heavy atom. The first-order valence-corrected chi connectivity index (χ1v) is 4.59. The topological polar surface area (TPSA) is 54.3 Å². The maximum absolute atomic E-state index is 8.67. The SMILES string of the molecule is COc1cc(NC(C)C#N)cc(OC)c1. The highest BCUT2D eigenvalue weighted by Crippen LogP contribution is 2.25. The van der Waals surface area contributed by atoms with Crippen molar-refractivity contribution in [2.24, 2.45) is 0 Å². The molecule has 0 aliphatic heterocycles. The molecule has 0 aliphatic rings. The maximum Gasteiger partial charge on any atom is 0.124 e. The van der Waals surface area contributed by atoms with E-state index in [4.69, 9.17) is 14.7 Å². The van der Waals surface area contributed by atoms with E-state index in [-0.39, 0.29) is 6.04 Å². The summed E-state index contributed by atoms with van der Waals surface area (Å²) in [5, 5.41) is 11.7. The number of ether oxygens (including phenoxy) is 2. The molecule has 1 aromatic carbocycles. The predicted molar refractivity (Wildman–Crippen MR) is 58.2 cm³/mol. The third-order valence-electron chi connectivity index (χ3n) is 1.93. The Kier molecular flexibility index (Phi) is 3.81. The summed E-state index contributed by atoms with van der Waals surface area (Å²) in [6, 6.07) is 7.26. The van der Waals surface area contributed by atoms with Crippen LogP contribution in [0.4, 0.5) is 5.69 Å². The van der Waals surface area contributed by atoms with Crippen molar-refractivity contribution in [3.8, 4) is 17.6 Å². The van der Waals surface area contributed by atoms with Crippen molar-refractivity contribution in [1.29, 1.82) is 5.26 Å². The largest absolute Gasteiger partial charge is 0.497 e. The lowest BCUT2D eigenvalue weighted by Gasteiger charge is -2.11. The second kappa shape index (κ2) is 5.11. The second-order valence-corrected chi connectivity index (χ2v) is 3.10. The molecule has 0 radical (unpaired) electrons. The molecule has 1 rings (SSSR count). The van der Waals surface area contributed by atoms with Gasteiger partial charge in [-0.05, 0) is 6.92 Å². The van der Waals surface area contributed by atoms with E-state index in [2.05, 4.69) is 11.4 Å². The fourth-order valence-corrected chi connectivity index (χ4v) is 1.17. The van der Waals surface area contributed by atoms with Crippen LogP contribution >= 0.6 is 0 Å². The molecule has 0 amide bonds. The minimum absolute atomic E-state index is 0.248. The van der Waals surface area contributed by atoms with Gasteiger partial charge >= 0.3 is 0 Å². The molecule has 0 fully saturated rings. The minimum Gasteiger partial charge on any atom is -0.497 e. The fourth-order valence-electron chi connectivity index (χ4n) is 1.17. The van der Waals surface area contributed by atoms with Gasteiger partial charge in [-0.3, -0.25) is 0 Å². The molecule has 1 unspecified atom stereocenters.